The summed E-state index contributed by atoms with van der Waals surface area (Å²) in [5, 5.41) is 2.94. The lowest BCUT2D eigenvalue weighted by Gasteiger charge is -2.16. The summed E-state index contributed by atoms with van der Waals surface area (Å²) in [6, 6.07) is 4.74. The monoisotopic (exact) mass is 300 g/mol. The molecule has 1 aliphatic heterocycles. The van der Waals surface area contributed by atoms with Gasteiger partial charge in [0.25, 0.3) is 0 Å². The normalized spacial score (nSPS) is 15.1. The third-order valence-electron chi connectivity index (χ3n) is 2.82. The summed E-state index contributed by atoms with van der Waals surface area (Å²) in [5.74, 6) is -0.255. The van der Waals surface area contributed by atoms with Gasteiger partial charge in [-0.25, -0.2) is 4.39 Å². The van der Waals surface area contributed by atoms with Crippen LogP contribution in [0.15, 0.2) is 22.7 Å². The number of hydrogen-bond acceptors (Lipinski definition) is 2. The molecule has 17 heavy (non-hydrogen) atoms. The van der Waals surface area contributed by atoms with Gasteiger partial charge in [-0.3, -0.25) is 4.79 Å². The fraction of sp³-hybridized carbons (Fsp3) is 0.417. The number of carbonyl (C=O) groups excluding carboxylic acids is 1. The smallest absolute Gasteiger partial charge is 0.241 e. The van der Waals surface area contributed by atoms with Crippen molar-refractivity contribution >= 4 is 27.5 Å². The van der Waals surface area contributed by atoms with E-state index >= 15 is 0 Å². The van der Waals surface area contributed by atoms with Crippen molar-refractivity contribution in [3.8, 4) is 0 Å². The first kappa shape index (κ1) is 12.4. The van der Waals surface area contributed by atoms with E-state index in [2.05, 4.69) is 21.2 Å². The van der Waals surface area contributed by atoms with Gasteiger partial charge in [-0.15, -0.1) is 0 Å². The molecule has 0 saturated carbocycles. The molecule has 1 N–H and O–H groups in total. The van der Waals surface area contributed by atoms with Gasteiger partial charge in [0.2, 0.25) is 5.91 Å². The molecule has 2 rings (SSSR count). The summed E-state index contributed by atoms with van der Waals surface area (Å²) in [7, 11) is 0. The summed E-state index contributed by atoms with van der Waals surface area (Å²) in [6.07, 6.45) is 2.16. The third-order valence-corrected chi connectivity index (χ3v) is 3.47. The lowest BCUT2D eigenvalue weighted by atomic mass is 10.3. The lowest BCUT2D eigenvalue weighted by molar-refractivity contribution is -0.128. The van der Waals surface area contributed by atoms with Crippen molar-refractivity contribution < 1.29 is 9.18 Å². The molecule has 1 aromatic carbocycles. The van der Waals surface area contributed by atoms with Gasteiger partial charge in [0, 0.05) is 18.8 Å². The van der Waals surface area contributed by atoms with E-state index in [0.717, 1.165) is 25.9 Å². The van der Waals surface area contributed by atoms with Crippen LogP contribution in [-0.4, -0.2) is 30.4 Å². The molecule has 0 bridgehead atoms. The predicted octanol–water partition coefficient (Wildman–Crippen LogP) is 2.62. The number of hydrogen-bond donors (Lipinski definition) is 1. The van der Waals surface area contributed by atoms with Gasteiger partial charge in [-0.05, 0) is 47.0 Å². The van der Waals surface area contributed by atoms with Crippen LogP contribution < -0.4 is 5.32 Å². The highest BCUT2D eigenvalue weighted by molar-refractivity contribution is 9.10. The molecule has 5 heteroatoms. The summed E-state index contributed by atoms with van der Waals surface area (Å²) in [5.41, 5.74) is 0.623. The van der Waals surface area contributed by atoms with E-state index in [9.17, 15) is 9.18 Å². The summed E-state index contributed by atoms with van der Waals surface area (Å²) in [4.78, 5) is 13.6. The maximum Gasteiger partial charge on any atom is 0.241 e. The Kier molecular flexibility index (Phi) is 3.99. The summed E-state index contributed by atoms with van der Waals surface area (Å²) < 4.78 is 13.6. The molecule has 3 nitrogen and oxygen atoms in total. The topological polar surface area (TPSA) is 32.3 Å². The summed E-state index contributed by atoms with van der Waals surface area (Å²) in [6.45, 7) is 1.91. The molecule has 1 aliphatic rings. The van der Waals surface area contributed by atoms with Crippen LogP contribution in [0.4, 0.5) is 10.1 Å². The molecule has 0 radical (unpaired) electrons. The molecule has 1 fully saturated rings. The maximum atomic E-state index is 13.2. The number of carbonyl (C=O) groups is 1. The predicted molar refractivity (Wildman–Crippen MR) is 68.4 cm³/mol. The molecule has 0 spiro atoms. The Labute approximate surface area is 108 Å². The Morgan fingerprint density at radius 3 is 2.76 bits per heavy atom. The van der Waals surface area contributed by atoms with Crippen molar-refractivity contribution in [2.45, 2.75) is 12.8 Å². The molecule has 1 heterocycles. The zero-order valence-electron chi connectivity index (χ0n) is 9.38. The highest BCUT2D eigenvalue weighted by Crippen LogP contribution is 2.19. The molecule has 0 aromatic heterocycles. The van der Waals surface area contributed by atoms with Gasteiger partial charge in [0.05, 0.1) is 11.0 Å². The van der Waals surface area contributed by atoms with E-state index in [-0.39, 0.29) is 18.3 Å². The third kappa shape index (κ3) is 3.19. The van der Waals surface area contributed by atoms with E-state index in [1.54, 1.807) is 12.1 Å². The molecule has 0 aliphatic carbocycles. The minimum Gasteiger partial charge on any atom is -0.376 e. The fourth-order valence-corrected chi connectivity index (χ4v) is 2.11. The van der Waals surface area contributed by atoms with Crippen LogP contribution in [-0.2, 0) is 4.79 Å². The zero-order valence-corrected chi connectivity index (χ0v) is 11.0. The van der Waals surface area contributed by atoms with Crippen LogP contribution in [0.1, 0.15) is 12.8 Å². The highest BCUT2D eigenvalue weighted by atomic mass is 79.9. The Morgan fingerprint density at radius 2 is 2.12 bits per heavy atom. The Morgan fingerprint density at radius 1 is 1.41 bits per heavy atom. The van der Waals surface area contributed by atoms with Crippen LogP contribution >= 0.6 is 15.9 Å². The fourth-order valence-electron chi connectivity index (χ4n) is 1.86. The lowest BCUT2D eigenvalue weighted by Crippen LogP contribution is -2.32. The number of nitrogens with zero attached hydrogens (tertiary/aromatic N) is 1. The molecule has 1 aromatic rings. The van der Waals surface area contributed by atoms with Gasteiger partial charge >= 0.3 is 0 Å². The SMILES string of the molecule is O=C(CNc1ccc(Br)c(F)c1)N1CCCC1. The van der Waals surface area contributed by atoms with Crippen LogP contribution in [0.3, 0.4) is 0 Å². The first-order chi connectivity index (χ1) is 8.16. The number of anilines is 1. The molecule has 92 valence electrons. The van der Waals surface area contributed by atoms with E-state index in [4.69, 9.17) is 0 Å². The second kappa shape index (κ2) is 5.49. The van der Waals surface area contributed by atoms with Crippen LogP contribution in [0.5, 0.6) is 0 Å². The summed E-state index contributed by atoms with van der Waals surface area (Å²) >= 11 is 3.09. The highest BCUT2D eigenvalue weighted by Gasteiger charge is 2.17. The number of benzene rings is 1. The van der Waals surface area contributed by atoms with Gasteiger partial charge < -0.3 is 10.2 Å². The van der Waals surface area contributed by atoms with Crippen LogP contribution in [0.2, 0.25) is 0 Å². The first-order valence-corrected chi connectivity index (χ1v) is 6.43. The van der Waals surface area contributed by atoms with Crippen molar-refractivity contribution in [2.24, 2.45) is 0 Å². The maximum absolute atomic E-state index is 13.2. The minimum absolute atomic E-state index is 0.0748. The Bertz CT molecular complexity index is 419. The second-order valence-electron chi connectivity index (χ2n) is 4.07. The Balaban J connectivity index is 1.88. The van der Waals surface area contributed by atoms with Gasteiger partial charge in [0.15, 0.2) is 0 Å². The van der Waals surface area contributed by atoms with E-state index in [1.165, 1.54) is 6.07 Å². The largest absolute Gasteiger partial charge is 0.376 e. The number of amides is 1. The van der Waals surface area contributed by atoms with Crippen LogP contribution in [0.25, 0.3) is 0 Å². The first-order valence-electron chi connectivity index (χ1n) is 5.63. The molecular weight excluding hydrogens is 287 g/mol. The van der Waals surface area contributed by atoms with Crippen molar-refractivity contribution in [3.05, 3.63) is 28.5 Å². The minimum atomic E-state index is -0.330. The molecule has 1 saturated heterocycles. The second-order valence-corrected chi connectivity index (χ2v) is 4.92. The van der Waals surface area contributed by atoms with Gasteiger partial charge in [0.1, 0.15) is 5.82 Å². The molecule has 0 unspecified atom stereocenters. The number of rotatable bonds is 3. The zero-order chi connectivity index (χ0) is 12.3. The number of likely N-dealkylation sites (tertiary alicyclic amines) is 1. The molecule has 0 atom stereocenters. The van der Waals surface area contributed by atoms with Crippen molar-refractivity contribution in [2.75, 3.05) is 25.0 Å². The standard InChI is InChI=1S/C12H14BrFN2O/c13-10-4-3-9(7-11(10)14)15-8-12(17)16-5-1-2-6-16/h3-4,7,15H,1-2,5-6,8H2. The number of nitrogens with one attached hydrogen (secondary N) is 1. The van der Waals surface area contributed by atoms with Gasteiger partial charge in [-0.2, -0.15) is 0 Å². The average molecular weight is 301 g/mol. The van der Waals surface area contributed by atoms with Gasteiger partial charge in [-0.1, -0.05) is 0 Å². The molecular formula is C12H14BrFN2O. The Hall–Kier alpha value is -1.10. The quantitative estimate of drug-likeness (QED) is 0.931. The molecule has 1 amide bonds. The van der Waals surface area contributed by atoms with Crippen molar-refractivity contribution in [1.29, 1.82) is 0 Å². The van der Waals surface area contributed by atoms with E-state index in [1.807, 2.05) is 4.90 Å². The van der Waals surface area contributed by atoms with Crippen LogP contribution in [0, 0.1) is 5.82 Å². The van der Waals surface area contributed by atoms with E-state index in [0.29, 0.717) is 10.2 Å². The van der Waals surface area contributed by atoms with Crippen molar-refractivity contribution in [3.63, 3.8) is 0 Å². The number of halogens is 2. The van der Waals surface area contributed by atoms with E-state index < -0.39 is 0 Å². The average Bonchev–Trinajstić information content (AvgIpc) is 2.84. The van der Waals surface area contributed by atoms with Crippen molar-refractivity contribution in [1.82, 2.24) is 4.90 Å².